The number of hydrazone groups is 1. The average Bonchev–Trinajstić information content (AvgIpc) is 3.12. The van der Waals surface area contributed by atoms with Gasteiger partial charge in [-0.15, -0.1) is 0 Å². The van der Waals surface area contributed by atoms with Crippen LogP contribution in [0.5, 0.6) is 0 Å². The highest BCUT2D eigenvalue weighted by molar-refractivity contribution is 6.02. The Hall–Kier alpha value is -3.49. The first-order chi connectivity index (χ1) is 11.5. The van der Waals surface area contributed by atoms with Crippen molar-refractivity contribution in [3.05, 3.63) is 57.8 Å². The lowest BCUT2D eigenvalue weighted by Crippen LogP contribution is -2.24. The fourth-order valence-electron chi connectivity index (χ4n) is 2.15. The second-order valence-corrected chi connectivity index (χ2v) is 5.05. The minimum absolute atomic E-state index is 0.124. The summed E-state index contributed by atoms with van der Waals surface area (Å²) in [5.74, 6) is 0.560. The Bertz CT molecular complexity index is 825. The van der Waals surface area contributed by atoms with Crippen molar-refractivity contribution in [2.24, 2.45) is 5.10 Å². The number of nitrogens with zero attached hydrogens (tertiary/aromatic N) is 3. The summed E-state index contributed by atoms with van der Waals surface area (Å²) in [6.07, 6.45) is 1.34. The normalized spacial score (nSPS) is 14.4. The summed E-state index contributed by atoms with van der Waals surface area (Å²) >= 11 is 0. The lowest BCUT2D eigenvalue weighted by atomic mass is 10.1. The third-order valence-electron chi connectivity index (χ3n) is 3.28. The molecule has 24 heavy (non-hydrogen) atoms. The predicted molar refractivity (Wildman–Crippen MR) is 82.7 cm³/mol. The van der Waals surface area contributed by atoms with Crippen LogP contribution in [0, 0.1) is 10.1 Å². The Kier molecular flexibility index (Phi) is 4.06. The molecule has 1 saturated heterocycles. The Morgan fingerprint density at radius 3 is 2.62 bits per heavy atom. The molecule has 0 spiro atoms. The lowest BCUT2D eigenvalue weighted by molar-refractivity contribution is -0.496. The number of rotatable bonds is 5. The number of nitrogens with one attached hydrogen (secondary N) is 1. The Morgan fingerprint density at radius 2 is 2.00 bits per heavy atom. The van der Waals surface area contributed by atoms with Crippen LogP contribution in [0.2, 0.25) is 0 Å². The van der Waals surface area contributed by atoms with E-state index in [1.54, 1.807) is 36.4 Å². The molecule has 2 aromatic rings. The molecule has 0 radical (unpaired) electrons. The summed E-state index contributed by atoms with van der Waals surface area (Å²) in [4.78, 5) is 32.5. The zero-order valence-corrected chi connectivity index (χ0v) is 12.3. The van der Waals surface area contributed by atoms with Crippen molar-refractivity contribution < 1.29 is 18.9 Å². The number of hydrogen-bond acceptors (Lipinski definition) is 6. The van der Waals surface area contributed by atoms with Gasteiger partial charge >= 0.3 is 6.03 Å². The van der Waals surface area contributed by atoms with Crippen LogP contribution in [0.15, 0.2) is 45.9 Å². The molecule has 122 valence electrons. The van der Waals surface area contributed by atoms with Gasteiger partial charge in [0, 0.05) is 16.1 Å². The van der Waals surface area contributed by atoms with E-state index in [-0.39, 0.29) is 13.1 Å². The summed E-state index contributed by atoms with van der Waals surface area (Å²) in [7, 11) is 0. The topological polar surface area (TPSA) is 118 Å². The summed E-state index contributed by atoms with van der Waals surface area (Å²) < 4.78 is 5.59. The van der Waals surface area contributed by atoms with Crippen molar-refractivity contribution in [1.82, 2.24) is 10.3 Å². The molecule has 3 rings (SSSR count). The van der Waals surface area contributed by atoms with E-state index in [0.29, 0.717) is 17.1 Å². The molecule has 1 fully saturated rings. The minimum Gasteiger partial charge on any atom is -0.455 e. The SMILES string of the molecule is O=C1CN(/N=C/c2ccc(-c3ccc(C[N+](=O)[O-])cc3)o2)C(=O)N1. The first-order valence-corrected chi connectivity index (χ1v) is 6.97. The molecule has 2 heterocycles. The standard InChI is InChI=1S/C15H12N4O5/c20-14-9-18(15(21)17-14)16-7-12-5-6-13(24-12)11-3-1-10(2-4-11)8-19(22)23/h1-7H,8-9H2,(H,17,20,21)/b16-7+. The predicted octanol–water partition coefficient (Wildman–Crippen LogP) is 1.61. The second-order valence-electron chi connectivity index (χ2n) is 5.05. The molecule has 9 nitrogen and oxygen atoms in total. The molecule has 1 aromatic heterocycles. The molecule has 0 bridgehead atoms. The average molecular weight is 328 g/mol. The Balaban J connectivity index is 1.70. The third-order valence-corrected chi connectivity index (χ3v) is 3.28. The maximum Gasteiger partial charge on any atom is 0.344 e. The van der Waals surface area contributed by atoms with Gasteiger partial charge in [0.15, 0.2) is 0 Å². The third kappa shape index (κ3) is 3.46. The number of imide groups is 1. The van der Waals surface area contributed by atoms with Crippen molar-refractivity contribution in [2.45, 2.75) is 6.54 Å². The lowest BCUT2D eigenvalue weighted by Gasteiger charge is -2.03. The number of nitro groups is 1. The van der Waals surface area contributed by atoms with Gasteiger partial charge in [0.05, 0.1) is 6.21 Å². The van der Waals surface area contributed by atoms with Crippen LogP contribution in [-0.4, -0.2) is 34.6 Å². The highest BCUT2D eigenvalue weighted by Gasteiger charge is 2.26. The van der Waals surface area contributed by atoms with E-state index in [9.17, 15) is 19.7 Å². The molecule has 1 N–H and O–H groups in total. The first-order valence-electron chi connectivity index (χ1n) is 6.97. The largest absolute Gasteiger partial charge is 0.455 e. The van der Waals surface area contributed by atoms with Crippen LogP contribution in [0.25, 0.3) is 11.3 Å². The van der Waals surface area contributed by atoms with E-state index in [1.807, 2.05) is 0 Å². The van der Waals surface area contributed by atoms with Gasteiger partial charge in [-0.3, -0.25) is 20.2 Å². The quantitative estimate of drug-likeness (QED) is 0.387. The van der Waals surface area contributed by atoms with Gasteiger partial charge in [0.1, 0.15) is 18.1 Å². The molecular formula is C15H12N4O5. The van der Waals surface area contributed by atoms with Gasteiger partial charge in [-0.05, 0) is 12.1 Å². The molecule has 0 unspecified atom stereocenters. The number of furan rings is 1. The summed E-state index contributed by atoms with van der Waals surface area (Å²) in [5.41, 5.74) is 1.36. The number of amides is 3. The molecule has 1 aliphatic heterocycles. The Morgan fingerprint density at radius 1 is 1.25 bits per heavy atom. The molecule has 0 saturated carbocycles. The molecule has 1 aliphatic rings. The van der Waals surface area contributed by atoms with Crippen molar-refractivity contribution >= 4 is 18.2 Å². The van der Waals surface area contributed by atoms with Crippen molar-refractivity contribution in [3.8, 4) is 11.3 Å². The molecule has 0 atom stereocenters. The smallest absolute Gasteiger partial charge is 0.344 e. The highest BCUT2D eigenvalue weighted by atomic mass is 16.6. The van der Waals surface area contributed by atoms with E-state index in [0.717, 1.165) is 10.6 Å². The molecular weight excluding hydrogens is 316 g/mol. The van der Waals surface area contributed by atoms with Gasteiger partial charge in [-0.25, -0.2) is 9.80 Å². The van der Waals surface area contributed by atoms with Gasteiger partial charge in [-0.2, -0.15) is 5.10 Å². The molecule has 9 heteroatoms. The van der Waals surface area contributed by atoms with Crippen LogP contribution in [0.3, 0.4) is 0 Å². The fourth-order valence-corrected chi connectivity index (χ4v) is 2.15. The highest BCUT2D eigenvalue weighted by Crippen LogP contribution is 2.22. The maximum absolute atomic E-state index is 11.3. The zero-order valence-electron chi connectivity index (χ0n) is 12.3. The number of benzene rings is 1. The van der Waals surface area contributed by atoms with Gasteiger partial charge in [0.2, 0.25) is 12.5 Å². The van der Waals surface area contributed by atoms with E-state index >= 15 is 0 Å². The van der Waals surface area contributed by atoms with E-state index in [2.05, 4.69) is 10.4 Å². The van der Waals surface area contributed by atoms with Crippen LogP contribution < -0.4 is 5.32 Å². The van der Waals surface area contributed by atoms with E-state index < -0.39 is 16.9 Å². The summed E-state index contributed by atoms with van der Waals surface area (Å²) in [6.45, 7) is -0.353. The van der Waals surface area contributed by atoms with E-state index in [4.69, 9.17) is 4.42 Å². The van der Waals surface area contributed by atoms with Crippen LogP contribution in [-0.2, 0) is 11.3 Å². The van der Waals surface area contributed by atoms with Crippen LogP contribution in [0.4, 0.5) is 4.79 Å². The molecule has 1 aromatic carbocycles. The van der Waals surface area contributed by atoms with Gasteiger partial charge < -0.3 is 4.42 Å². The van der Waals surface area contributed by atoms with Gasteiger partial charge in [0.25, 0.3) is 0 Å². The zero-order chi connectivity index (χ0) is 17.1. The summed E-state index contributed by atoms with van der Waals surface area (Å²) in [5, 5.41) is 17.5. The minimum atomic E-state index is -0.579. The van der Waals surface area contributed by atoms with Gasteiger partial charge in [-0.1, -0.05) is 24.3 Å². The Labute approximate surface area is 135 Å². The summed E-state index contributed by atoms with van der Waals surface area (Å²) in [6, 6.07) is 9.59. The van der Waals surface area contributed by atoms with Crippen LogP contribution >= 0.6 is 0 Å². The fraction of sp³-hybridized carbons (Fsp3) is 0.133. The van der Waals surface area contributed by atoms with Crippen molar-refractivity contribution in [1.29, 1.82) is 0 Å². The first kappa shape index (κ1) is 15.4. The number of hydrogen-bond donors (Lipinski definition) is 1. The number of carbonyl (C=O) groups excluding carboxylic acids is 2. The molecule has 0 aliphatic carbocycles. The van der Waals surface area contributed by atoms with Crippen molar-refractivity contribution in [2.75, 3.05) is 6.54 Å². The number of carbonyl (C=O) groups is 2. The molecule has 3 amide bonds. The van der Waals surface area contributed by atoms with Crippen LogP contribution in [0.1, 0.15) is 11.3 Å². The second kappa shape index (κ2) is 6.32. The van der Waals surface area contributed by atoms with E-state index in [1.165, 1.54) is 6.21 Å². The maximum atomic E-state index is 11.3. The van der Waals surface area contributed by atoms with Crippen molar-refractivity contribution in [3.63, 3.8) is 0 Å². The monoisotopic (exact) mass is 328 g/mol. The number of urea groups is 1.